The fraction of sp³-hybridized carbons (Fsp3) is 0.769. The van der Waals surface area contributed by atoms with Crippen LogP contribution in [0, 0.1) is 0 Å². The molecule has 0 aromatic rings. The Morgan fingerprint density at radius 2 is 1.90 bits per heavy atom. The van der Waals surface area contributed by atoms with Gasteiger partial charge in [0.05, 0.1) is 0 Å². The molecule has 0 saturated heterocycles. The van der Waals surface area contributed by atoms with Crippen molar-refractivity contribution in [2.75, 3.05) is 19.8 Å². The molecule has 1 atom stereocenters. The molecule has 0 amide bonds. The quantitative estimate of drug-likeness (QED) is 0.553. The summed E-state index contributed by atoms with van der Waals surface area (Å²) in [6.07, 6.45) is 5.24. The first-order valence-electron chi connectivity index (χ1n) is 6.96. The molecule has 1 N–H and O–H groups in total. The number of rotatable bonds is 9. The zero-order valence-electron chi connectivity index (χ0n) is 11.8. The van der Waals surface area contributed by atoms with Crippen LogP contribution in [0.2, 0.25) is 0 Å². The summed E-state index contributed by atoms with van der Waals surface area (Å²) < 4.78 is 36.4. The van der Waals surface area contributed by atoms with E-state index < -0.39 is 11.9 Å². The molecular weight excluding hydrogens is 335 g/mol. The zero-order valence-corrected chi connectivity index (χ0v) is 13.4. The van der Waals surface area contributed by atoms with Crippen LogP contribution in [0.5, 0.6) is 0 Å². The lowest BCUT2D eigenvalue weighted by atomic mass is 10.1. The molecule has 0 fully saturated rings. The molecule has 1 aliphatic heterocycles. The lowest BCUT2D eigenvalue weighted by Gasteiger charge is -2.13. The Labute approximate surface area is 129 Å². The normalized spacial score (nSPS) is 17.2. The highest BCUT2D eigenvalue weighted by atomic mass is 79.9. The Kier molecular flexibility index (Phi) is 10.8. The third-order valence-electron chi connectivity index (χ3n) is 3.18. The van der Waals surface area contributed by atoms with Crippen LogP contribution in [-0.4, -0.2) is 31.0 Å². The Hall–Kier alpha value is -0.560. The summed E-state index contributed by atoms with van der Waals surface area (Å²) in [7, 11) is 0. The van der Waals surface area contributed by atoms with Gasteiger partial charge in [0.1, 0.15) is 6.54 Å². The number of nitrogens with zero attached hydrogens (tertiary/aromatic N) is 2. The number of halogens is 4. The topological polar surface area (TPSA) is 20.0 Å². The van der Waals surface area contributed by atoms with Crippen molar-refractivity contribution in [2.45, 2.75) is 45.4 Å². The molecular formula is C13H23BrF3N3. The van der Waals surface area contributed by atoms with E-state index in [0.29, 0.717) is 6.67 Å². The van der Waals surface area contributed by atoms with Gasteiger partial charge in [-0.25, -0.2) is 4.39 Å². The fourth-order valence-electron chi connectivity index (χ4n) is 2.03. The molecule has 0 saturated carbocycles. The third-order valence-corrected chi connectivity index (χ3v) is 3.18. The molecule has 0 aromatic carbocycles. The highest BCUT2D eigenvalue weighted by molar-refractivity contribution is 5.54. The SMILES string of the molecule is CCCCCCC[NH+]1CN(CCC(F)=C(F)F)C=N1.[Br-]. The molecule has 1 unspecified atom stereocenters. The van der Waals surface area contributed by atoms with Crippen molar-refractivity contribution in [3.05, 3.63) is 11.9 Å². The van der Waals surface area contributed by atoms with Crippen LogP contribution in [0.1, 0.15) is 45.4 Å². The second-order valence-corrected chi connectivity index (χ2v) is 4.86. The van der Waals surface area contributed by atoms with Crippen molar-refractivity contribution in [1.29, 1.82) is 0 Å². The summed E-state index contributed by atoms with van der Waals surface area (Å²) in [5, 5.41) is 5.32. The minimum absolute atomic E-state index is 0. The molecule has 118 valence electrons. The van der Waals surface area contributed by atoms with Crippen molar-refractivity contribution in [3.8, 4) is 0 Å². The molecule has 3 nitrogen and oxygen atoms in total. The fourth-order valence-corrected chi connectivity index (χ4v) is 2.03. The molecule has 0 bridgehead atoms. The minimum Gasteiger partial charge on any atom is -1.00 e. The summed E-state index contributed by atoms with van der Waals surface area (Å²) in [5.41, 5.74) is 0. The van der Waals surface area contributed by atoms with Crippen LogP contribution in [0.25, 0.3) is 0 Å². The Bertz CT molecular complexity index is 320. The molecule has 1 rings (SSSR count). The average Bonchev–Trinajstić information content (AvgIpc) is 2.83. The van der Waals surface area contributed by atoms with E-state index >= 15 is 0 Å². The van der Waals surface area contributed by atoms with Crippen LogP contribution in [0.15, 0.2) is 17.0 Å². The molecule has 0 aliphatic carbocycles. The lowest BCUT2D eigenvalue weighted by Crippen LogP contribution is -3.07. The summed E-state index contributed by atoms with van der Waals surface area (Å²) in [6.45, 7) is 4.04. The first kappa shape index (κ1) is 19.4. The van der Waals surface area contributed by atoms with E-state index in [4.69, 9.17) is 0 Å². The number of quaternary nitrogens is 1. The maximum absolute atomic E-state index is 12.6. The van der Waals surface area contributed by atoms with E-state index in [1.54, 1.807) is 11.2 Å². The number of nitrogens with one attached hydrogen (secondary N) is 1. The average molecular weight is 358 g/mol. The molecule has 0 radical (unpaired) electrons. The zero-order chi connectivity index (χ0) is 14.1. The van der Waals surface area contributed by atoms with Crippen LogP contribution in [0.3, 0.4) is 0 Å². The highest BCUT2D eigenvalue weighted by Crippen LogP contribution is 2.13. The van der Waals surface area contributed by atoms with Crippen molar-refractivity contribution in [1.82, 2.24) is 4.90 Å². The Morgan fingerprint density at radius 1 is 1.20 bits per heavy atom. The second-order valence-electron chi connectivity index (χ2n) is 4.86. The summed E-state index contributed by atoms with van der Waals surface area (Å²) >= 11 is 0. The molecule has 1 heterocycles. The summed E-state index contributed by atoms with van der Waals surface area (Å²) in [6, 6.07) is 0. The minimum atomic E-state index is -2.21. The first-order chi connectivity index (χ1) is 9.13. The van der Waals surface area contributed by atoms with Crippen molar-refractivity contribution in [2.24, 2.45) is 5.10 Å². The van der Waals surface area contributed by atoms with Crippen LogP contribution in [-0.2, 0) is 0 Å². The number of hydrogen-bond acceptors (Lipinski definition) is 2. The smallest absolute Gasteiger partial charge is 0.301 e. The predicted molar refractivity (Wildman–Crippen MR) is 69.6 cm³/mol. The number of hydrogen-bond donors (Lipinski definition) is 1. The maximum Gasteiger partial charge on any atom is 0.301 e. The van der Waals surface area contributed by atoms with E-state index in [1.165, 1.54) is 25.7 Å². The van der Waals surface area contributed by atoms with Gasteiger partial charge in [-0.3, -0.25) is 0 Å². The Balaban J connectivity index is 0.00000361. The third kappa shape index (κ3) is 7.89. The second kappa shape index (κ2) is 11.1. The van der Waals surface area contributed by atoms with Gasteiger partial charge in [0, 0.05) is 13.0 Å². The monoisotopic (exact) mass is 357 g/mol. The molecule has 1 aliphatic rings. The van der Waals surface area contributed by atoms with Crippen LogP contribution in [0.4, 0.5) is 13.2 Å². The Morgan fingerprint density at radius 3 is 2.55 bits per heavy atom. The van der Waals surface area contributed by atoms with E-state index in [-0.39, 0.29) is 29.9 Å². The van der Waals surface area contributed by atoms with E-state index in [1.807, 2.05) is 0 Å². The van der Waals surface area contributed by atoms with Crippen LogP contribution >= 0.6 is 0 Å². The van der Waals surface area contributed by atoms with Crippen molar-refractivity contribution >= 4 is 6.34 Å². The molecule has 20 heavy (non-hydrogen) atoms. The standard InChI is InChI=1S/C13H22F3N3.BrH/c1-2-3-4-5-6-8-19-11-18(10-17-19)9-7-12(14)13(15)16;/h10H,2-9,11H2,1H3;1H. The van der Waals surface area contributed by atoms with Gasteiger partial charge in [-0.2, -0.15) is 13.8 Å². The molecule has 0 aromatic heterocycles. The maximum atomic E-state index is 12.6. The van der Waals surface area contributed by atoms with Gasteiger partial charge >= 0.3 is 6.08 Å². The van der Waals surface area contributed by atoms with Gasteiger partial charge in [0.25, 0.3) is 0 Å². The van der Waals surface area contributed by atoms with Crippen molar-refractivity contribution < 1.29 is 35.2 Å². The van der Waals surface area contributed by atoms with Gasteiger partial charge in [-0.05, 0) is 12.8 Å². The summed E-state index contributed by atoms with van der Waals surface area (Å²) in [5.74, 6) is -1.32. The van der Waals surface area contributed by atoms with E-state index in [0.717, 1.165) is 18.0 Å². The highest BCUT2D eigenvalue weighted by Gasteiger charge is 2.19. The van der Waals surface area contributed by atoms with Gasteiger partial charge in [0.15, 0.2) is 18.8 Å². The van der Waals surface area contributed by atoms with E-state index in [9.17, 15) is 13.2 Å². The predicted octanol–water partition coefficient (Wildman–Crippen LogP) is -0.470. The lowest BCUT2D eigenvalue weighted by molar-refractivity contribution is -0.908. The summed E-state index contributed by atoms with van der Waals surface area (Å²) in [4.78, 5) is 1.78. The van der Waals surface area contributed by atoms with Crippen molar-refractivity contribution in [3.63, 3.8) is 0 Å². The van der Waals surface area contributed by atoms with Gasteiger partial charge in [0.2, 0.25) is 0 Å². The van der Waals surface area contributed by atoms with Crippen LogP contribution < -0.4 is 22.0 Å². The first-order valence-corrected chi connectivity index (χ1v) is 6.96. The number of unbranched alkanes of at least 4 members (excludes halogenated alkanes) is 4. The van der Waals surface area contributed by atoms with Gasteiger partial charge in [-0.15, -0.1) is 0 Å². The van der Waals surface area contributed by atoms with Gasteiger partial charge < -0.3 is 21.9 Å². The van der Waals surface area contributed by atoms with Gasteiger partial charge in [-0.1, -0.05) is 31.3 Å². The molecule has 0 spiro atoms. The molecule has 7 heteroatoms. The largest absolute Gasteiger partial charge is 1.00 e. The van der Waals surface area contributed by atoms with E-state index in [2.05, 4.69) is 12.0 Å².